The Hall–Kier alpha value is -3.58. The van der Waals surface area contributed by atoms with Crippen LogP contribution in [0.3, 0.4) is 0 Å². The highest BCUT2D eigenvalue weighted by Crippen LogP contribution is 2.44. The molecular weight excluding hydrogens is 338 g/mol. The normalized spacial score (nSPS) is 12.9. The summed E-state index contributed by atoms with van der Waals surface area (Å²) in [6, 6.07) is 31.1. The lowest BCUT2D eigenvalue weighted by molar-refractivity contribution is 1.27. The molecule has 0 unspecified atom stereocenters. The number of pyridine rings is 1. The van der Waals surface area contributed by atoms with Crippen molar-refractivity contribution in [3.8, 4) is 11.1 Å². The summed E-state index contributed by atoms with van der Waals surface area (Å²) in [6.07, 6.45) is 3.30. The Morgan fingerprint density at radius 3 is 2.36 bits per heavy atom. The van der Waals surface area contributed by atoms with E-state index >= 15 is 0 Å². The molecular formula is C27H17N. The molecule has 0 fully saturated rings. The predicted octanol–water partition coefficient (Wildman–Crippen LogP) is 6.97. The lowest BCUT2D eigenvalue weighted by Gasteiger charge is -2.13. The zero-order valence-corrected chi connectivity index (χ0v) is 15.3. The molecule has 0 N–H and O–H groups in total. The SMILES string of the molecule is c1ccc2c(c1)Cc1c-2ccc2c1c1ccccc1n1cc3ccccc3c21. The summed E-state index contributed by atoms with van der Waals surface area (Å²) in [6.45, 7) is 0. The first kappa shape index (κ1) is 14.5. The minimum absolute atomic E-state index is 1.02. The molecule has 0 saturated carbocycles. The second kappa shape index (κ2) is 5.02. The number of hydrogen-bond acceptors (Lipinski definition) is 0. The highest BCUT2D eigenvalue weighted by molar-refractivity contribution is 6.21. The molecule has 0 bridgehead atoms. The molecule has 4 aromatic carbocycles. The van der Waals surface area contributed by atoms with Gasteiger partial charge in [0.25, 0.3) is 0 Å². The Kier molecular flexibility index (Phi) is 2.60. The van der Waals surface area contributed by atoms with Gasteiger partial charge in [-0.2, -0.15) is 0 Å². The first-order valence-electron chi connectivity index (χ1n) is 9.84. The van der Waals surface area contributed by atoms with Gasteiger partial charge in [0.2, 0.25) is 0 Å². The largest absolute Gasteiger partial charge is 0.315 e. The van der Waals surface area contributed by atoms with Gasteiger partial charge in [-0.05, 0) is 40.1 Å². The molecule has 2 aromatic heterocycles. The van der Waals surface area contributed by atoms with Crippen LogP contribution in [0, 0.1) is 0 Å². The van der Waals surface area contributed by atoms with Crippen LogP contribution in [0.4, 0.5) is 0 Å². The fourth-order valence-corrected chi connectivity index (χ4v) is 5.24. The highest BCUT2D eigenvalue weighted by atomic mass is 14.9. The maximum Gasteiger partial charge on any atom is 0.0613 e. The highest BCUT2D eigenvalue weighted by Gasteiger charge is 2.23. The second-order valence-electron chi connectivity index (χ2n) is 7.80. The van der Waals surface area contributed by atoms with Crippen molar-refractivity contribution in [1.29, 1.82) is 0 Å². The van der Waals surface area contributed by atoms with E-state index in [0.717, 1.165) is 6.42 Å². The number of hydrogen-bond donors (Lipinski definition) is 0. The van der Waals surface area contributed by atoms with Crippen molar-refractivity contribution in [2.75, 3.05) is 0 Å². The summed E-state index contributed by atoms with van der Waals surface area (Å²) >= 11 is 0. The van der Waals surface area contributed by atoms with Crippen molar-refractivity contribution >= 4 is 38.0 Å². The van der Waals surface area contributed by atoms with Crippen LogP contribution >= 0.6 is 0 Å². The van der Waals surface area contributed by atoms with Crippen molar-refractivity contribution < 1.29 is 0 Å². The lowest BCUT2D eigenvalue weighted by atomic mass is 9.95. The van der Waals surface area contributed by atoms with Gasteiger partial charge in [-0.1, -0.05) is 78.9 Å². The Labute approximate surface area is 162 Å². The van der Waals surface area contributed by atoms with Crippen molar-refractivity contribution in [2.45, 2.75) is 6.42 Å². The average Bonchev–Trinajstić information content (AvgIpc) is 3.32. The van der Waals surface area contributed by atoms with Crippen LogP contribution in [-0.2, 0) is 6.42 Å². The number of para-hydroxylation sites is 1. The van der Waals surface area contributed by atoms with Crippen molar-refractivity contribution in [3.05, 3.63) is 102 Å². The molecule has 0 atom stereocenters. The topological polar surface area (TPSA) is 4.41 Å². The monoisotopic (exact) mass is 355 g/mol. The summed E-state index contributed by atoms with van der Waals surface area (Å²) in [5.41, 5.74) is 8.31. The average molecular weight is 355 g/mol. The molecule has 0 aliphatic heterocycles. The Morgan fingerprint density at radius 1 is 0.607 bits per heavy atom. The van der Waals surface area contributed by atoms with Crippen LogP contribution in [0.5, 0.6) is 0 Å². The molecule has 0 radical (unpaired) electrons. The van der Waals surface area contributed by atoms with Gasteiger partial charge in [0.05, 0.1) is 11.0 Å². The Balaban J connectivity index is 1.78. The quantitative estimate of drug-likeness (QED) is 0.259. The van der Waals surface area contributed by atoms with E-state index in [0.29, 0.717) is 0 Å². The first-order chi connectivity index (χ1) is 13.9. The second-order valence-corrected chi connectivity index (χ2v) is 7.80. The van der Waals surface area contributed by atoms with Gasteiger partial charge in [-0.3, -0.25) is 0 Å². The lowest BCUT2D eigenvalue weighted by Crippen LogP contribution is -1.93. The molecule has 7 rings (SSSR count). The van der Waals surface area contributed by atoms with Gasteiger partial charge in [-0.25, -0.2) is 0 Å². The Morgan fingerprint density at radius 2 is 1.39 bits per heavy atom. The maximum absolute atomic E-state index is 2.39. The Bertz CT molecular complexity index is 1580. The van der Waals surface area contributed by atoms with Crippen LogP contribution in [0.25, 0.3) is 49.1 Å². The van der Waals surface area contributed by atoms with Crippen LogP contribution in [0.15, 0.2) is 91.1 Å². The summed E-state index contributed by atoms with van der Waals surface area (Å²) in [5, 5.41) is 6.74. The zero-order valence-electron chi connectivity index (χ0n) is 15.3. The molecule has 6 aromatic rings. The van der Waals surface area contributed by atoms with E-state index in [1.165, 1.54) is 60.2 Å². The van der Waals surface area contributed by atoms with E-state index in [1.54, 1.807) is 0 Å². The molecule has 2 heterocycles. The minimum Gasteiger partial charge on any atom is -0.315 e. The van der Waals surface area contributed by atoms with Crippen LogP contribution in [-0.4, -0.2) is 4.40 Å². The van der Waals surface area contributed by atoms with Gasteiger partial charge < -0.3 is 4.40 Å². The van der Waals surface area contributed by atoms with Crippen LogP contribution in [0.2, 0.25) is 0 Å². The minimum atomic E-state index is 1.02. The van der Waals surface area contributed by atoms with E-state index in [-0.39, 0.29) is 0 Å². The molecule has 1 aliphatic rings. The smallest absolute Gasteiger partial charge is 0.0613 e. The van der Waals surface area contributed by atoms with E-state index in [2.05, 4.69) is 95.5 Å². The van der Waals surface area contributed by atoms with E-state index in [9.17, 15) is 0 Å². The summed E-state index contributed by atoms with van der Waals surface area (Å²) < 4.78 is 2.39. The molecule has 1 nitrogen and oxygen atoms in total. The third-order valence-electron chi connectivity index (χ3n) is 6.40. The number of benzene rings is 4. The van der Waals surface area contributed by atoms with Crippen LogP contribution < -0.4 is 0 Å². The van der Waals surface area contributed by atoms with Gasteiger partial charge >= 0.3 is 0 Å². The third-order valence-corrected chi connectivity index (χ3v) is 6.40. The zero-order chi connectivity index (χ0) is 18.2. The van der Waals surface area contributed by atoms with E-state index in [4.69, 9.17) is 0 Å². The predicted molar refractivity (Wildman–Crippen MR) is 118 cm³/mol. The molecule has 130 valence electrons. The van der Waals surface area contributed by atoms with Crippen molar-refractivity contribution in [3.63, 3.8) is 0 Å². The summed E-state index contributed by atoms with van der Waals surface area (Å²) in [7, 11) is 0. The summed E-state index contributed by atoms with van der Waals surface area (Å²) in [5.74, 6) is 0. The van der Waals surface area contributed by atoms with Gasteiger partial charge in [-0.15, -0.1) is 0 Å². The number of aromatic nitrogens is 1. The third kappa shape index (κ3) is 1.67. The molecule has 1 aliphatic carbocycles. The van der Waals surface area contributed by atoms with Crippen molar-refractivity contribution in [2.24, 2.45) is 0 Å². The molecule has 0 spiro atoms. The number of fused-ring (bicyclic) bond motifs is 12. The van der Waals surface area contributed by atoms with Gasteiger partial charge in [0, 0.05) is 27.7 Å². The summed E-state index contributed by atoms with van der Waals surface area (Å²) in [4.78, 5) is 0. The molecule has 1 heteroatoms. The van der Waals surface area contributed by atoms with E-state index in [1.807, 2.05) is 0 Å². The molecule has 28 heavy (non-hydrogen) atoms. The van der Waals surface area contributed by atoms with Crippen LogP contribution in [0.1, 0.15) is 11.1 Å². The fraction of sp³-hybridized carbons (Fsp3) is 0.0370. The molecule has 0 amide bonds. The number of nitrogens with zero attached hydrogens (tertiary/aromatic N) is 1. The van der Waals surface area contributed by atoms with Crippen molar-refractivity contribution in [1.82, 2.24) is 4.40 Å². The first-order valence-corrected chi connectivity index (χ1v) is 9.84. The fourth-order valence-electron chi connectivity index (χ4n) is 5.24. The van der Waals surface area contributed by atoms with Gasteiger partial charge in [0.15, 0.2) is 0 Å². The standard InChI is InChI=1S/C27H17N/c1-3-9-19-17(7-1)15-24-21(19)13-14-23-26(24)22-11-5-6-12-25(22)28-16-18-8-2-4-10-20(18)27(23)28/h1-14,16H,15H2. The van der Waals surface area contributed by atoms with E-state index < -0.39 is 0 Å². The number of rotatable bonds is 0. The maximum atomic E-state index is 2.39. The molecule has 0 saturated heterocycles. The van der Waals surface area contributed by atoms with Gasteiger partial charge in [0.1, 0.15) is 0 Å².